The maximum atomic E-state index is 12.2. The third-order valence-corrected chi connectivity index (χ3v) is 4.22. The summed E-state index contributed by atoms with van der Waals surface area (Å²) in [6.45, 7) is 1.34. The molecule has 2 aromatic carbocycles. The minimum atomic E-state index is -4.70. The van der Waals surface area contributed by atoms with E-state index >= 15 is 0 Å². The molecule has 0 fully saturated rings. The van der Waals surface area contributed by atoms with Gasteiger partial charge in [-0.05, 0) is 48.2 Å². The molecule has 1 N–H and O–H groups in total. The van der Waals surface area contributed by atoms with E-state index in [4.69, 9.17) is 0 Å². The zero-order chi connectivity index (χ0) is 20.7. The van der Waals surface area contributed by atoms with E-state index in [-0.39, 0.29) is 11.7 Å². The molecule has 3 aromatic rings. The van der Waals surface area contributed by atoms with Gasteiger partial charge < -0.3 is 14.6 Å². The van der Waals surface area contributed by atoms with Crippen LogP contribution in [0.4, 0.5) is 13.2 Å². The summed E-state index contributed by atoms with van der Waals surface area (Å²) in [5, 5.41) is 2.88. The second-order valence-electron chi connectivity index (χ2n) is 6.48. The predicted octanol–water partition coefficient (Wildman–Crippen LogP) is 4.19. The molecule has 29 heavy (non-hydrogen) atoms. The van der Waals surface area contributed by atoms with Crippen LogP contribution in [0.5, 0.6) is 5.75 Å². The summed E-state index contributed by atoms with van der Waals surface area (Å²) in [4.78, 5) is 16.2. The Labute approximate surface area is 166 Å². The molecule has 0 aliphatic heterocycles. The summed E-state index contributed by atoms with van der Waals surface area (Å²) in [7, 11) is 0. The van der Waals surface area contributed by atoms with E-state index in [2.05, 4.69) is 15.0 Å². The molecule has 1 aromatic heterocycles. The lowest BCUT2D eigenvalue weighted by Gasteiger charge is -2.09. The van der Waals surface area contributed by atoms with E-state index in [1.54, 1.807) is 36.8 Å². The van der Waals surface area contributed by atoms with Crippen molar-refractivity contribution in [2.45, 2.75) is 25.7 Å². The van der Waals surface area contributed by atoms with Gasteiger partial charge in [-0.3, -0.25) is 4.79 Å². The van der Waals surface area contributed by atoms with Crippen LogP contribution in [0.2, 0.25) is 0 Å². The molecule has 0 saturated carbocycles. The van der Waals surface area contributed by atoms with Crippen molar-refractivity contribution in [3.8, 4) is 5.75 Å². The van der Waals surface area contributed by atoms with Gasteiger partial charge in [0.2, 0.25) is 0 Å². The number of benzene rings is 2. The Bertz CT molecular complexity index is 906. The van der Waals surface area contributed by atoms with E-state index in [1.807, 2.05) is 22.9 Å². The number of hydrogen-bond acceptors (Lipinski definition) is 3. The largest absolute Gasteiger partial charge is 0.573 e. The van der Waals surface area contributed by atoms with Gasteiger partial charge in [0.25, 0.3) is 5.91 Å². The molecule has 0 atom stereocenters. The van der Waals surface area contributed by atoms with Crippen LogP contribution in [0.15, 0.2) is 67.3 Å². The standard InChI is InChI=1S/C21H20F3N3O2/c22-21(23,24)29-19-8-4-17(5-9-19)14-16-2-6-18(7-3-16)20(28)26-10-1-12-27-13-11-25-15-27/h2-9,11,13,15H,1,10,12,14H2,(H,26,28). The third-order valence-electron chi connectivity index (χ3n) is 4.22. The van der Waals surface area contributed by atoms with Crippen LogP contribution in [-0.4, -0.2) is 28.4 Å². The number of imidazole rings is 1. The second-order valence-corrected chi connectivity index (χ2v) is 6.48. The number of alkyl halides is 3. The molecule has 5 nitrogen and oxygen atoms in total. The molecule has 0 saturated heterocycles. The third kappa shape index (κ3) is 6.67. The van der Waals surface area contributed by atoms with Crippen LogP contribution in [0, 0.1) is 0 Å². The first-order chi connectivity index (χ1) is 13.9. The Balaban J connectivity index is 1.47. The smallest absolute Gasteiger partial charge is 0.406 e. The van der Waals surface area contributed by atoms with Crippen LogP contribution in [-0.2, 0) is 13.0 Å². The highest BCUT2D eigenvalue weighted by molar-refractivity contribution is 5.94. The average Bonchev–Trinajstić information content (AvgIpc) is 3.20. The lowest BCUT2D eigenvalue weighted by molar-refractivity contribution is -0.274. The van der Waals surface area contributed by atoms with Crippen molar-refractivity contribution in [3.05, 3.63) is 83.9 Å². The topological polar surface area (TPSA) is 56.2 Å². The van der Waals surface area contributed by atoms with Crippen LogP contribution in [0.1, 0.15) is 27.9 Å². The summed E-state index contributed by atoms with van der Waals surface area (Å²) in [6.07, 6.45) is 1.96. The molecule has 0 spiro atoms. The molecule has 0 aliphatic rings. The Morgan fingerprint density at radius 1 is 1.03 bits per heavy atom. The van der Waals surface area contributed by atoms with Crippen molar-refractivity contribution in [1.29, 1.82) is 0 Å². The number of rotatable bonds is 8. The zero-order valence-corrected chi connectivity index (χ0v) is 15.5. The minimum Gasteiger partial charge on any atom is -0.406 e. The van der Waals surface area contributed by atoms with Crippen molar-refractivity contribution < 1.29 is 22.7 Å². The fraction of sp³-hybridized carbons (Fsp3) is 0.238. The van der Waals surface area contributed by atoms with Gasteiger partial charge in [-0.25, -0.2) is 4.98 Å². The summed E-state index contributed by atoms with van der Waals surface area (Å²) < 4.78 is 42.4. The van der Waals surface area contributed by atoms with E-state index in [1.165, 1.54) is 12.1 Å². The van der Waals surface area contributed by atoms with Gasteiger partial charge in [-0.2, -0.15) is 0 Å². The van der Waals surface area contributed by atoms with Gasteiger partial charge in [0.05, 0.1) is 6.33 Å². The van der Waals surface area contributed by atoms with Gasteiger partial charge >= 0.3 is 6.36 Å². The lowest BCUT2D eigenvalue weighted by atomic mass is 10.0. The molecule has 0 unspecified atom stereocenters. The molecule has 3 rings (SSSR count). The molecule has 1 heterocycles. The molecular weight excluding hydrogens is 383 g/mol. The average molecular weight is 403 g/mol. The fourth-order valence-corrected chi connectivity index (χ4v) is 2.80. The SMILES string of the molecule is O=C(NCCCn1ccnc1)c1ccc(Cc2ccc(OC(F)(F)F)cc2)cc1. The minimum absolute atomic E-state index is 0.143. The van der Waals surface area contributed by atoms with Gasteiger partial charge in [-0.1, -0.05) is 24.3 Å². The van der Waals surface area contributed by atoms with Gasteiger partial charge in [-0.15, -0.1) is 13.2 Å². The molecule has 0 bridgehead atoms. The fourth-order valence-electron chi connectivity index (χ4n) is 2.80. The quantitative estimate of drug-likeness (QED) is 0.574. The highest BCUT2D eigenvalue weighted by Gasteiger charge is 2.30. The number of amides is 1. The highest BCUT2D eigenvalue weighted by atomic mass is 19.4. The number of hydrogen-bond donors (Lipinski definition) is 1. The number of halogens is 3. The molecule has 8 heteroatoms. The number of nitrogens with one attached hydrogen (secondary N) is 1. The summed E-state index contributed by atoms with van der Waals surface area (Å²) in [5.74, 6) is -0.392. The van der Waals surface area contributed by atoms with E-state index in [9.17, 15) is 18.0 Å². The van der Waals surface area contributed by atoms with E-state index < -0.39 is 6.36 Å². The molecule has 1 amide bonds. The Morgan fingerprint density at radius 2 is 1.69 bits per heavy atom. The first-order valence-corrected chi connectivity index (χ1v) is 9.07. The van der Waals surface area contributed by atoms with E-state index in [0.29, 0.717) is 18.5 Å². The van der Waals surface area contributed by atoms with Gasteiger partial charge in [0, 0.05) is 31.0 Å². The monoisotopic (exact) mass is 403 g/mol. The van der Waals surface area contributed by atoms with Crippen molar-refractivity contribution in [2.75, 3.05) is 6.54 Å². The van der Waals surface area contributed by atoms with Gasteiger partial charge in [0.1, 0.15) is 5.75 Å². The molecule has 152 valence electrons. The number of aryl methyl sites for hydroxylation is 1. The first kappa shape index (κ1) is 20.4. The van der Waals surface area contributed by atoms with Crippen LogP contribution < -0.4 is 10.1 Å². The lowest BCUT2D eigenvalue weighted by Crippen LogP contribution is -2.25. The van der Waals surface area contributed by atoms with Crippen molar-refractivity contribution in [3.63, 3.8) is 0 Å². The van der Waals surface area contributed by atoms with Crippen molar-refractivity contribution >= 4 is 5.91 Å². The maximum Gasteiger partial charge on any atom is 0.573 e. The molecular formula is C21H20F3N3O2. The van der Waals surface area contributed by atoms with Gasteiger partial charge in [0.15, 0.2) is 0 Å². The van der Waals surface area contributed by atoms with E-state index in [0.717, 1.165) is 24.1 Å². The van der Waals surface area contributed by atoms with Crippen LogP contribution in [0.3, 0.4) is 0 Å². The first-order valence-electron chi connectivity index (χ1n) is 9.07. The summed E-state index contributed by atoms with van der Waals surface area (Å²) >= 11 is 0. The van der Waals surface area contributed by atoms with Crippen LogP contribution in [0.25, 0.3) is 0 Å². The Kier molecular flexibility index (Phi) is 6.54. The number of ether oxygens (including phenoxy) is 1. The second kappa shape index (κ2) is 9.27. The molecule has 0 aliphatic carbocycles. The summed E-state index contributed by atoms with van der Waals surface area (Å²) in [5.41, 5.74) is 2.35. The molecule has 0 radical (unpaired) electrons. The number of nitrogens with zero attached hydrogens (tertiary/aromatic N) is 2. The zero-order valence-electron chi connectivity index (χ0n) is 15.5. The Morgan fingerprint density at radius 3 is 2.28 bits per heavy atom. The highest BCUT2D eigenvalue weighted by Crippen LogP contribution is 2.23. The summed E-state index contributed by atoms with van der Waals surface area (Å²) in [6, 6.07) is 12.9. The van der Waals surface area contributed by atoms with Crippen molar-refractivity contribution in [2.24, 2.45) is 0 Å². The number of carbonyl (C=O) groups is 1. The maximum absolute atomic E-state index is 12.2. The predicted molar refractivity (Wildman–Crippen MR) is 102 cm³/mol. The van der Waals surface area contributed by atoms with Crippen molar-refractivity contribution in [1.82, 2.24) is 14.9 Å². The Hall–Kier alpha value is -3.29. The van der Waals surface area contributed by atoms with Crippen LogP contribution >= 0.6 is 0 Å². The number of carbonyl (C=O) groups excluding carboxylic acids is 1. The normalized spacial score (nSPS) is 11.3. The number of aromatic nitrogens is 2.